The molecule has 1 N–H and O–H groups in total. The first-order valence-electron chi connectivity index (χ1n) is 6.42. The Morgan fingerprint density at radius 3 is 2.60 bits per heavy atom. The maximum atomic E-state index is 12.5. The average Bonchev–Trinajstić information content (AvgIpc) is 2.46. The van der Waals surface area contributed by atoms with Crippen molar-refractivity contribution in [3.63, 3.8) is 0 Å². The Balaban J connectivity index is 2.16. The number of thioether (sulfide) groups is 1. The summed E-state index contributed by atoms with van der Waals surface area (Å²) in [7, 11) is 1.67. The van der Waals surface area contributed by atoms with Gasteiger partial charge in [0.05, 0.1) is 0 Å². The molecular weight excluding hydrogens is 276 g/mol. The number of carbonyl (C=O) groups excluding carboxylic acids is 1. The number of urea groups is 1. The second-order valence-corrected chi connectivity index (χ2v) is 5.95. The fraction of sp³-hybridized carbons (Fsp3) is 0.429. The second-order valence-electron chi connectivity index (χ2n) is 4.80. The van der Waals surface area contributed by atoms with E-state index in [4.69, 9.17) is 0 Å². The monoisotopic (exact) mass is 294 g/mol. The van der Waals surface area contributed by atoms with Gasteiger partial charge in [-0.15, -0.1) is 0 Å². The number of carboxylic acids is 1. The zero-order valence-electron chi connectivity index (χ0n) is 11.6. The Kier molecular flexibility index (Phi) is 4.54. The van der Waals surface area contributed by atoms with E-state index in [2.05, 4.69) is 0 Å². The first kappa shape index (κ1) is 14.7. The summed E-state index contributed by atoms with van der Waals surface area (Å²) in [6.45, 7) is 2.45. The van der Waals surface area contributed by atoms with Crippen LogP contribution in [0.3, 0.4) is 0 Å². The summed E-state index contributed by atoms with van der Waals surface area (Å²) in [5, 5.41) is 9.22. The zero-order valence-corrected chi connectivity index (χ0v) is 12.4. The number of aliphatic carboxylic acids is 1. The minimum Gasteiger partial charge on any atom is -0.480 e. The third kappa shape index (κ3) is 3.07. The molecule has 5 nitrogen and oxygen atoms in total. The van der Waals surface area contributed by atoms with E-state index in [-0.39, 0.29) is 6.03 Å². The molecule has 1 atom stereocenters. The molecule has 1 unspecified atom stereocenters. The van der Waals surface area contributed by atoms with Crippen LogP contribution in [0.15, 0.2) is 24.3 Å². The lowest BCUT2D eigenvalue weighted by atomic mass is 10.2. The Hall–Kier alpha value is -1.69. The highest BCUT2D eigenvalue weighted by molar-refractivity contribution is 7.99. The molecule has 1 aliphatic rings. The first-order valence-corrected chi connectivity index (χ1v) is 7.57. The molecule has 108 valence electrons. The molecule has 20 heavy (non-hydrogen) atoms. The van der Waals surface area contributed by atoms with Crippen LogP contribution in [0.1, 0.15) is 5.56 Å². The Labute approximate surface area is 122 Å². The number of hydrogen-bond acceptors (Lipinski definition) is 3. The summed E-state index contributed by atoms with van der Waals surface area (Å²) in [6, 6.07) is 6.58. The number of carbonyl (C=O) groups is 2. The number of amides is 2. The molecule has 2 amide bonds. The van der Waals surface area contributed by atoms with Crippen molar-refractivity contribution in [1.29, 1.82) is 0 Å². The topological polar surface area (TPSA) is 60.9 Å². The average molecular weight is 294 g/mol. The van der Waals surface area contributed by atoms with Crippen molar-refractivity contribution in [3.05, 3.63) is 29.8 Å². The molecule has 0 spiro atoms. The maximum Gasteiger partial charge on any atom is 0.327 e. The number of hydrogen-bond donors (Lipinski definition) is 1. The number of nitrogens with zero attached hydrogens (tertiary/aromatic N) is 2. The van der Waals surface area contributed by atoms with Gasteiger partial charge in [0.15, 0.2) is 0 Å². The molecule has 0 aromatic heterocycles. The normalized spacial score (nSPS) is 18.7. The summed E-state index contributed by atoms with van der Waals surface area (Å²) < 4.78 is 0. The Morgan fingerprint density at radius 1 is 1.35 bits per heavy atom. The van der Waals surface area contributed by atoms with Crippen LogP contribution in [-0.4, -0.2) is 53.1 Å². The van der Waals surface area contributed by atoms with Crippen molar-refractivity contribution in [2.24, 2.45) is 0 Å². The van der Waals surface area contributed by atoms with Crippen LogP contribution in [0, 0.1) is 6.92 Å². The Morgan fingerprint density at radius 2 is 2.00 bits per heavy atom. The molecule has 2 rings (SSSR count). The van der Waals surface area contributed by atoms with E-state index >= 15 is 0 Å². The van der Waals surface area contributed by atoms with Crippen LogP contribution in [0.5, 0.6) is 0 Å². The molecule has 0 saturated carbocycles. The molecule has 6 heteroatoms. The molecule has 0 radical (unpaired) electrons. The summed E-state index contributed by atoms with van der Waals surface area (Å²) in [4.78, 5) is 26.7. The summed E-state index contributed by atoms with van der Waals surface area (Å²) in [5.41, 5.74) is 1.88. The minimum absolute atomic E-state index is 0.262. The van der Waals surface area contributed by atoms with Gasteiger partial charge >= 0.3 is 12.0 Å². The van der Waals surface area contributed by atoms with Gasteiger partial charge in [0.1, 0.15) is 6.04 Å². The van der Waals surface area contributed by atoms with E-state index in [9.17, 15) is 14.7 Å². The second kappa shape index (κ2) is 6.17. The highest BCUT2D eigenvalue weighted by Gasteiger charge is 2.34. The van der Waals surface area contributed by atoms with Crippen LogP contribution in [0.25, 0.3) is 0 Å². The predicted molar refractivity (Wildman–Crippen MR) is 80.4 cm³/mol. The van der Waals surface area contributed by atoms with Gasteiger partial charge in [0.2, 0.25) is 0 Å². The van der Waals surface area contributed by atoms with Crippen molar-refractivity contribution in [2.75, 3.05) is 30.0 Å². The van der Waals surface area contributed by atoms with Crippen LogP contribution < -0.4 is 4.90 Å². The number of benzene rings is 1. The van der Waals surface area contributed by atoms with Crippen LogP contribution in [0.4, 0.5) is 10.5 Å². The molecule has 1 fully saturated rings. The van der Waals surface area contributed by atoms with Crippen molar-refractivity contribution in [1.82, 2.24) is 4.90 Å². The summed E-state index contributed by atoms with van der Waals surface area (Å²) in [5.74, 6) is 0.280. The third-order valence-electron chi connectivity index (χ3n) is 3.37. The van der Waals surface area contributed by atoms with Crippen LogP contribution >= 0.6 is 11.8 Å². The lowest BCUT2D eigenvalue weighted by Crippen LogP contribution is -2.54. The Bertz CT molecular complexity index is 504. The quantitative estimate of drug-likeness (QED) is 0.907. The number of carboxylic acid groups (broad SMARTS) is 1. The van der Waals surface area contributed by atoms with Crippen LogP contribution in [-0.2, 0) is 4.79 Å². The van der Waals surface area contributed by atoms with Gasteiger partial charge in [0.25, 0.3) is 0 Å². The van der Waals surface area contributed by atoms with Gasteiger partial charge in [-0.25, -0.2) is 9.59 Å². The van der Waals surface area contributed by atoms with Crippen molar-refractivity contribution in [2.45, 2.75) is 13.0 Å². The molecule has 0 aliphatic carbocycles. The van der Waals surface area contributed by atoms with E-state index in [0.29, 0.717) is 12.3 Å². The number of aryl methyl sites for hydroxylation is 1. The minimum atomic E-state index is -0.942. The largest absolute Gasteiger partial charge is 0.480 e. The summed E-state index contributed by atoms with van der Waals surface area (Å²) >= 11 is 1.57. The molecule has 0 bridgehead atoms. The molecular formula is C14H18N2O3S. The van der Waals surface area contributed by atoms with Gasteiger partial charge in [-0.3, -0.25) is 4.90 Å². The maximum absolute atomic E-state index is 12.5. The van der Waals surface area contributed by atoms with E-state index in [1.165, 1.54) is 9.80 Å². The fourth-order valence-electron chi connectivity index (χ4n) is 2.11. The van der Waals surface area contributed by atoms with Crippen LogP contribution in [0.2, 0.25) is 0 Å². The molecule has 1 aliphatic heterocycles. The van der Waals surface area contributed by atoms with E-state index in [1.54, 1.807) is 18.8 Å². The van der Waals surface area contributed by atoms with E-state index in [0.717, 1.165) is 17.0 Å². The SMILES string of the molecule is Cc1ccc(N(C)C(=O)N2CCSCC2C(=O)O)cc1. The van der Waals surface area contributed by atoms with Crippen molar-refractivity contribution in [3.8, 4) is 0 Å². The highest BCUT2D eigenvalue weighted by atomic mass is 32.2. The lowest BCUT2D eigenvalue weighted by Gasteiger charge is -2.35. The molecule has 1 aromatic carbocycles. The smallest absolute Gasteiger partial charge is 0.327 e. The number of anilines is 1. The van der Waals surface area contributed by atoms with Gasteiger partial charge in [0, 0.05) is 30.8 Å². The third-order valence-corrected chi connectivity index (χ3v) is 4.39. The molecule has 1 heterocycles. The highest BCUT2D eigenvalue weighted by Crippen LogP contribution is 2.21. The van der Waals surface area contributed by atoms with Crippen molar-refractivity contribution < 1.29 is 14.7 Å². The fourth-order valence-corrected chi connectivity index (χ4v) is 3.15. The molecule has 1 aromatic rings. The lowest BCUT2D eigenvalue weighted by molar-refractivity contribution is -0.141. The standard InChI is InChI=1S/C14H18N2O3S/c1-10-3-5-11(6-4-10)15(2)14(19)16-7-8-20-9-12(16)13(17)18/h3-6,12H,7-9H2,1-2H3,(H,17,18). The van der Waals surface area contributed by atoms with E-state index in [1.807, 2.05) is 31.2 Å². The van der Waals surface area contributed by atoms with Crippen molar-refractivity contribution >= 4 is 29.4 Å². The predicted octanol–water partition coefficient (Wildman–Crippen LogP) is 2.05. The summed E-state index contributed by atoms with van der Waals surface area (Å²) in [6.07, 6.45) is 0. The van der Waals surface area contributed by atoms with E-state index < -0.39 is 12.0 Å². The first-order chi connectivity index (χ1) is 9.50. The van der Waals surface area contributed by atoms with Gasteiger partial charge in [-0.1, -0.05) is 17.7 Å². The van der Waals surface area contributed by atoms with Gasteiger partial charge in [-0.05, 0) is 19.1 Å². The zero-order chi connectivity index (χ0) is 14.7. The number of rotatable bonds is 2. The van der Waals surface area contributed by atoms with Gasteiger partial charge in [-0.2, -0.15) is 11.8 Å². The molecule has 1 saturated heterocycles. The van der Waals surface area contributed by atoms with Gasteiger partial charge < -0.3 is 10.0 Å².